The van der Waals surface area contributed by atoms with Crippen molar-refractivity contribution in [3.8, 4) is 17.6 Å². The third-order valence-corrected chi connectivity index (χ3v) is 3.26. The van der Waals surface area contributed by atoms with Crippen LogP contribution in [0.4, 0.5) is 0 Å². The second-order valence-electron chi connectivity index (χ2n) is 4.79. The van der Waals surface area contributed by atoms with Gasteiger partial charge in [-0.25, -0.2) is 0 Å². The van der Waals surface area contributed by atoms with Gasteiger partial charge >= 0.3 is 0 Å². The summed E-state index contributed by atoms with van der Waals surface area (Å²) in [5.74, 6) is 0.805. The number of hydrogen-bond acceptors (Lipinski definition) is 4. The highest BCUT2D eigenvalue weighted by Crippen LogP contribution is 2.23. The summed E-state index contributed by atoms with van der Waals surface area (Å²) in [5, 5.41) is 11.9. The van der Waals surface area contributed by atoms with E-state index in [0.717, 1.165) is 12.8 Å². The Hall–Kier alpha value is -2.22. The minimum Gasteiger partial charge on any atom is -0.497 e. The molecule has 1 atom stereocenters. The molecule has 0 aliphatic carbocycles. The summed E-state index contributed by atoms with van der Waals surface area (Å²) in [4.78, 5) is 12.1. The summed E-state index contributed by atoms with van der Waals surface area (Å²) in [6, 6.07) is 7.04. The lowest BCUT2D eigenvalue weighted by atomic mass is 10.1. The van der Waals surface area contributed by atoms with E-state index in [4.69, 9.17) is 14.7 Å². The number of nitrogens with one attached hydrogen (secondary N) is 1. The van der Waals surface area contributed by atoms with E-state index in [1.807, 2.05) is 19.9 Å². The van der Waals surface area contributed by atoms with E-state index < -0.39 is 6.10 Å². The molecule has 1 amide bonds. The van der Waals surface area contributed by atoms with E-state index in [1.165, 1.54) is 7.11 Å². The lowest BCUT2D eigenvalue weighted by molar-refractivity contribution is -0.128. The van der Waals surface area contributed by atoms with Crippen molar-refractivity contribution in [2.45, 2.75) is 45.8 Å². The lowest BCUT2D eigenvalue weighted by Crippen LogP contribution is -2.42. The maximum atomic E-state index is 12.1. The van der Waals surface area contributed by atoms with Crippen molar-refractivity contribution < 1.29 is 14.3 Å². The molecule has 0 aliphatic heterocycles. The van der Waals surface area contributed by atoms with Crippen LogP contribution in [0.1, 0.15) is 39.2 Å². The molecule has 1 N–H and O–H groups in total. The van der Waals surface area contributed by atoms with E-state index in [0.29, 0.717) is 17.1 Å². The van der Waals surface area contributed by atoms with Crippen LogP contribution in [0.15, 0.2) is 18.2 Å². The first-order valence-electron chi connectivity index (χ1n) is 7.10. The minimum absolute atomic E-state index is 0.156. The van der Waals surface area contributed by atoms with Gasteiger partial charge in [-0.3, -0.25) is 4.79 Å². The number of methoxy groups -OCH3 is 1. The Morgan fingerprint density at radius 1 is 1.29 bits per heavy atom. The van der Waals surface area contributed by atoms with Gasteiger partial charge in [-0.2, -0.15) is 5.26 Å². The number of benzene rings is 1. The Kier molecular flexibility index (Phi) is 6.54. The van der Waals surface area contributed by atoms with Crippen molar-refractivity contribution in [1.82, 2.24) is 5.32 Å². The molecule has 0 aliphatic rings. The van der Waals surface area contributed by atoms with Gasteiger partial charge in [0.25, 0.3) is 5.91 Å². The number of ether oxygens (including phenoxy) is 2. The highest BCUT2D eigenvalue weighted by Gasteiger charge is 2.18. The molecule has 1 unspecified atom stereocenters. The highest BCUT2D eigenvalue weighted by molar-refractivity contribution is 5.81. The Labute approximate surface area is 125 Å². The molecule has 0 saturated heterocycles. The van der Waals surface area contributed by atoms with Gasteiger partial charge in [0.2, 0.25) is 0 Å². The van der Waals surface area contributed by atoms with Gasteiger partial charge < -0.3 is 14.8 Å². The fourth-order valence-corrected chi connectivity index (χ4v) is 1.89. The Bertz CT molecular complexity index is 519. The number of nitrogens with zero attached hydrogens (tertiary/aromatic N) is 1. The van der Waals surface area contributed by atoms with Gasteiger partial charge in [0, 0.05) is 12.1 Å². The zero-order valence-electron chi connectivity index (χ0n) is 13.0. The number of amides is 1. The van der Waals surface area contributed by atoms with Gasteiger partial charge in [0.1, 0.15) is 11.5 Å². The maximum absolute atomic E-state index is 12.1. The zero-order valence-corrected chi connectivity index (χ0v) is 13.0. The predicted molar refractivity (Wildman–Crippen MR) is 80.3 cm³/mol. The first-order chi connectivity index (χ1) is 10.0. The third-order valence-electron chi connectivity index (χ3n) is 3.26. The Morgan fingerprint density at radius 2 is 1.90 bits per heavy atom. The number of hydrogen-bond donors (Lipinski definition) is 1. The molecule has 5 heteroatoms. The second kappa shape index (κ2) is 8.15. The van der Waals surface area contributed by atoms with Gasteiger partial charge in [-0.15, -0.1) is 0 Å². The summed E-state index contributed by atoms with van der Waals surface area (Å²) in [6.45, 7) is 5.74. The third kappa shape index (κ3) is 4.99. The molecule has 0 aromatic heterocycles. The van der Waals surface area contributed by atoms with Crippen LogP contribution in [0.3, 0.4) is 0 Å². The number of nitriles is 1. The van der Waals surface area contributed by atoms with Crippen LogP contribution in [0.25, 0.3) is 0 Å². The molecule has 1 aromatic rings. The van der Waals surface area contributed by atoms with E-state index >= 15 is 0 Å². The monoisotopic (exact) mass is 290 g/mol. The molecule has 0 fully saturated rings. The van der Waals surface area contributed by atoms with Crippen molar-refractivity contribution in [2.75, 3.05) is 7.11 Å². The molecule has 0 spiro atoms. The summed E-state index contributed by atoms with van der Waals surface area (Å²) < 4.78 is 10.7. The maximum Gasteiger partial charge on any atom is 0.260 e. The second-order valence-corrected chi connectivity index (χ2v) is 4.79. The van der Waals surface area contributed by atoms with Crippen LogP contribution >= 0.6 is 0 Å². The van der Waals surface area contributed by atoms with Crippen LogP contribution in [0, 0.1) is 11.3 Å². The van der Waals surface area contributed by atoms with Gasteiger partial charge in [0.05, 0.1) is 18.7 Å². The lowest BCUT2D eigenvalue weighted by Gasteiger charge is -2.19. The first kappa shape index (κ1) is 16.8. The van der Waals surface area contributed by atoms with Crippen molar-refractivity contribution in [1.29, 1.82) is 5.26 Å². The molecule has 1 rings (SSSR count). The van der Waals surface area contributed by atoms with Crippen molar-refractivity contribution in [3.05, 3.63) is 23.8 Å². The van der Waals surface area contributed by atoms with Gasteiger partial charge in [0.15, 0.2) is 6.10 Å². The Balaban J connectivity index is 2.76. The van der Waals surface area contributed by atoms with Crippen LogP contribution in [0.2, 0.25) is 0 Å². The van der Waals surface area contributed by atoms with Gasteiger partial charge in [-0.1, -0.05) is 13.8 Å². The summed E-state index contributed by atoms with van der Waals surface area (Å²) in [7, 11) is 1.52. The summed E-state index contributed by atoms with van der Waals surface area (Å²) in [6.07, 6.45) is 1.13. The predicted octanol–water partition coefficient (Wildman–Crippen LogP) is 2.64. The highest BCUT2D eigenvalue weighted by atomic mass is 16.5. The van der Waals surface area contributed by atoms with Crippen molar-refractivity contribution in [2.24, 2.45) is 0 Å². The smallest absolute Gasteiger partial charge is 0.260 e. The quantitative estimate of drug-likeness (QED) is 0.838. The fourth-order valence-electron chi connectivity index (χ4n) is 1.89. The average molecular weight is 290 g/mol. The van der Waals surface area contributed by atoms with Crippen LogP contribution < -0.4 is 14.8 Å². The SMILES string of the molecule is CCC(CC)NC(=O)C(C)Oc1cc(C#N)cc(OC)c1. The topological polar surface area (TPSA) is 71.3 Å². The molecule has 21 heavy (non-hydrogen) atoms. The van der Waals surface area contributed by atoms with Crippen molar-refractivity contribution >= 4 is 5.91 Å². The zero-order chi connectivity index (χ0) is 15.8. The van der Waals surface area contributed by atoms with E-state index in [2.05, 4.69) is 5.32 Å². The van der Waals surface area contributed by atoms with E-state index in [9.17, 15) is 4.79 Å². The van der Waals surface area contributed by atoms with Crippen molar-refractivity contribution in [3.63, 3.8) is 0 Å². The van der Waals surface area contributed by atoms with Gasteiger partial charge in [-0.05, 0) is 31.9 Å². The molecule has 0 radical (unpaired) electrons. The molecular formula is C16H22N2O3. The van der Waals surface area contributed by atoms with Crippen LogP contribution in [-0.4, -0.2) is 25.2 Å². The summed E-state index contributed by atoms with van der Waals surface area (Å²) >= 11 is 0. The molecule has 5 nitrogen and oxygen atoms in total. The number of rotatable bonds is 7. The molecule has 0 heterocycles. The first-order valence-corrected chi connectivity index (χ1v) is 7.10. The number of carbonyl (C=O) groups is 1. The largest absolute Gasteiger partial charge is 0.497 e. The van der Waals surface area contributed by atoms with Crippen LogP contribution in [0.5, 0.6) is 11.5 Å². The molecule has 0 bridgehead atoms. The molecule has 1 aromatic carbocycles. The fraction of sp³-hybridized carbons (Fsp3) is 0.500. The molecule has 0 saturated carbocycles. The number of carbonyl (C=O) groups excluding carboxylic acids is 1. The average Bonchev–Trinajstić information content (AvgIpc) is 2.51. The normalized spacial score (nSPS) is 11.6. The summed E-state index contributed by atoms with van der Waals surface area (Å²) in [5.41, 5.74) is 0.428. The Morgan fingerprint density at radius 3 is 2.43 bits per heavy atom. The minimum atomic E-state index is -0.635. The molecular weight excluding hydrogens is 268 g/mol. The van der Waals surface area contributed by atoms with E-state index in [-0.39, 0.29) is 11.9 Å². The van der Waals surface area contributed by atoms with Crippen LogP contribution in [-0.2, 0) is 4.79 Å². The molecule has 114 valence electrons. The van der Waals surface area contributed by atoms with E-state index in [1.54, 1.807) is 25.1 Å². The standard InChI is InChI=1S/C16H22N2O3/c1-5-13(6-2)18-16(19)11(3)21-15-8-12(10-17)7-14(9-15)20-4/h7-9,11,13H,5-6H2,1-4H3,(H,18,19).